The summed E-state index contributed by atoms with van der Waals surface area (Å²) in [7, 11) is 0. The van der Waals surface area contributed by atoms with Crippen LogP contribution in [0.4, 0.5) is 4.39 Å². The summed E-state index contributed by atoms with van der Waals surface area (Å²) in [5, 5.41) is 4.03. The van der Waals surface area contributed by atoms with Crippen molar-refractivity contribution in [3.05, 3.63) is 157 Å². The number of rotatable bonds is 4. The van der Waals surface area contributed by atoms with Gasteiger partial charge in [-0.2, -0.15) is 0 Å². The lowest BCUT2D eigenvalue weighted by Gasteiger charge is -2.20. The van der Waals surface area contributed by atoms with Crippen LogP contribution in [-0.2, 0) is 0 Å². The van der Waals surface area contributed by atoms with Crippen molar-refractivity contribution >= 4 is 43.7 Å². The number of furan rings is 1. The molecule has 0 aliphatic rings. The fourth-order valence-corrected chi connectivity index (χ4v) is 6.67. The Morgan fingerprint density at radius 1 is 0.533 bits per heavy atom. The van der Waals surface area contributed by atoms with Gasteiger partial charge in [-0.25, -0.2) is 9.37 Å². The second-order valence-corrected chi connectivity index (χ2v) is 11.3. The minimum atomic E-state index is -0.328. The quantitative estimate of drug-likeness (QED) is 0.207. The van der Waals surface area contributed by atoms with E-state index in [0.29, 0.717) is 11.2 Å². The number of fused-ring (bicyclic) bond motifs is 6. The molecule has 2 heterocycles. The molecule has 0 saturated carbocycles. The zero-order valence-electron chi connectivity index (χ0n) is 24.1. The predicted octanol–water partition coefficient (Wildman–Crippen LogP) is 11.2. The standard InChI is InChI=1S/C41H25FN2O/c42-29-22-23-33-34-19-10-20-35(40(34)45-37(33)25-29)41-43-36-24-21-28-15-7-8-16-32(28)39(36)44(41)38-30(26-11-3-1-4-12-26)17-9-18-31(38)27-13-5-2-6-14-27/h1-25H. The summed E-state index contributed by atoms with van der Waals surface area (Å²) in [5.41, 5.74) is 9.35. The number of halogens is 1. The van der Waals surface area contributed by atoms with Crippen LogP contribution >= 0.6 is 0 Å². The predicted molar refractivity (Wildman–Crippen MR) is 182 cm³/mol. The van der Waals surface area contributed by atoms with Gasteiger partial charge < -0.3 is 4.42 Å². The van der Waals surface area contributed by atoms with Crippen molar-refractivity contribution in [3.8, 4) is 39.3 Å². The summed E-state index contributed by atoms with van der Waals surface area (Å²) >= 11 is 0. The molecule has 0 spiro atoms. The van der Waals surface area contributed by atoms with Crippen molar-refractivity contribution < 1.29 is 8.81 Å². The summed E-state index contributed by atoms with van der Waals surface area (Å²) in [4.78, 5) is 5.35. The molecule has 0 fully saturated rings. The third-order valence-corrected chi connectivity index (χ3v) is 8.67. The first-order chi connectivity index (χ1) is 22.2. The Balaban J connectivity index is 1.48. The van der Waals surface area contributed by atoms with E-state index < -0.39 is 0 Å². The molecule has 7 aromatic carbocycles. The van der Waals surface area contributed by atoms with Crippen molar-refractivity contribution in [1.29, 1.82) is 0 Å². The van der Waals surface area contributed by atoms with E-state index in [1.165, 1.54) is 12.1 Å². The molecular weight excluding hydrogens is 555 g/mol. The number of aromatic nitrogens is 2. The van der Waals surface area contributed by atoms with Gasteiger partial charge in [0.05, 0.1) is 22.3 Å². The number of para-hydroxylation sites is 2. The molecule has 45 heavy (non-hydrogen) atoms. The molecule has 2 aromatic heterocycles. The molecule has 0 amide bonds. The maximum absolute atomic E-state index is 14.3. The van der Waals surface area contributed by atoms with Gasteiger partial charge in [0.15, 0.2) is 0 Å². The molecule has 0 radical (unpaired) electrons. The van der Waals surface area contributed by atoms with Gasteiger partial charge in [0, 0.05) is 33.4 Å². The third kappa shape index (κ3) is 4.00. The average molecular weight is 581 g/mol. The molecule has 4 heteroatoms. The molecule has 9 rings (SSSR count). The van der Waals surface area contributed by atoms with E-state index in [2.05, 4.69) is 108 Å². The molecule has 0 bridgehead atoms. The molecule has 0 saturated heterocycles. The maximum atomic E-state index is 14.3. The molecule has 0 unspecified atom stereocenters. The fourth-order valence-electron chi connectivity index (χ4n) is 6.67. The normalized spacial score (nSPS) is 11.7. The number of hydrogen-bond donors (Lipinski definition) is 0. The molecule has 0 N–H and O–H groups in total. The molecule has 9 aromatic rings. The van der Waals surface area contributed by atoms with Crippen LogP contribution in [0.15, 0.2) is 156 Å². The summed E-state index contributed by atoms with van der Waals surface area (Å²) in [5.74, 6) is 0.429. The first-order valence-electron chi connectivity index (χ1n) is 15.0. The van der Waals surface area contributed by atoms with Crippen LogP contribution in [0.1, 0.15) is 0 Å². The van der Waals surface area contributed by atoms with Gasteiger partial charge in [0.25, 0.3) is 0 Å². The largest absolute Gasteiger partial charge is 0.455 e. The number of benzene rings is 7. The Morgan fingerprint density at radius 3 is 1.93 bits per heavy atom. The first kappa shape index (κ1) is 25.5. The van der Waals surface area contributed by atoms with Crippen LogP contribution in [0, 0.1) is 5.82 Å². The molecule has 212 valence electrons. The van der Waals surface area contributed by atoms with Crippen molar-refractivity contribution in [2.45, 2.75) is 0 Å². The maximum Gasteiger partial charge on any atom is 0.149 e. The van der Waals surface area contributed by atoms with Crippen molar-refractivity contribution in [1.82, 2.24) is 9.55 Å². The SMILES string of the molecule is Fc1ccc2c(c1)oc1c(-c3nc4ccc5ccccc5c4n3-c3c(-c4ccccc4)cccc3-c3ccccc3)cccc12. The highest BCUT2D eigenvalue weighted by atomic mass is 19.1. The van der Waals surface area contributed by atoms with E-state index >= 15 is 0 Å². The lowest BCUT2D eigenvalue weighted by atomic mass is 9.95. The summed E-state index contributed by atoms with van der Waals surface area (Å²) < 4.78 is 23.0. The van der Waals surface area contributed by atoms with Gasteiger partial charge in [-0.05, 0) is 40.8 Å². The van der Waals surface area contributed by atoms with Crippen LogP contribution < -0.4 is 0 Å². The van der Waals surface area contributed by atoms with E-state index in [1.54, 1.807) is 6.07 Å². The number of imidazole rings is 1. The van der Waals surface area contributed by atoms with Gasteiger partial charge in [0.1, 0.15) is 22.8 Å². The smallest absolute Gasteiger partial charge is 0.149 e. The van der Waals surface area contributed by atoms with Crippen molar-refractivity contribution in [2.24, 2.45) is 0 Å². The van der Waals surface area contributed by atoms with Gasteiger partial charge in [-0.1, -0.05) is 121 Å². The van der Waals surface area contributed by atoms with Gasteiger partial charge in [-0.15, -0.1) is 0 Å². The van der Waals surface area contributed by atoms with Gasteiger partial charge in [-0.3, -0.25) is 4.57 Å². The molecule has 3 nitrogen and oxygen atoms in total. The zero-order valence-corrected chi connectivity index (χ0v) is 24.1. The monoisotopic (exact) mass is 580 g/mol. The van der Waals surface area contributed by atoms with E-state index in [-0.39, 0.29) is 5.82 Å². The lowest BCUT2D eigenvalue weighted by molar-refractivity contribution is 0.618. The highest BCUT2D eigenvalue weighted by Crippen LogP contribution is 2.44. The fraction of sp³-hybridized carbons (Fsp3) is 0. The Bertz CT molecular complexity index is 2490. The van der Waals surface area contributed by atoms with Gasteiger partial charge in [0.2, 0.25) is 0 Å². The Morgan fingerprint density at radius 2 is 1.18 bits per heavy atom. The van der Waals surface area contributed by atoms with E-state index in [0.717, 1.165) is 71.9 Å². The summed E-state index contributed by atoms with van der Waals surface area (Å²) in [6.45, 7) is 0. The van der Waals surface area contributed by atoms with E-state index in [4.69, 9.17) is 9.40 Å². The molecule has 0 atom stereocenters. The Hall–Kier alpha value is -6.00. The lowest BCUT2D eigenvalue weighted by Crippen LogP contribution is -2.03. The third-order valence-electron chi connectivity index (χ3n) is 8.67. The molecule has 0 aliphatic carbocycles. The number of nitrogens with zero attached hydrogens (tertiary/aromatic N) is 2. The summed E-state index contributed by atoms with van der Waals surface area (Å²) in [6, 6.07) is 51.0. The minimum absolute atomic E-state index is 0.328. The Kier molecular flexibility index (Phi) is 5.69. The Labute approximate surface area is 258 Å². The van der Waals surface area contributed by atoms with Crippen molar-refractivity contribution in [3.63, 3.8) is 0 Å². The topological polar surface area (TPSA) is 31.0 Å². The van der Waals surface area contributed by atoms with Crippen LogP contribution in [0.25, 0.3) is 83.1 Å². The van der Waals surface area contributed by atoms with Crippen LogP contribution in [0.5, 0.6) is 0 Å². The zero-order chi connectivity index (χ0) is 29.9. The van der Waals surface area contributed by atoms with E-state index in [9.17, 15) is 4.39 Å². The summed E-state index contributed by atoms with van der Waals surface area (Å²) in [6.07, 6.45) is 0. The van der Waals surface area contributed by atoms with Crippen molar-refractivity contribution in [2.75, 3.05) is 0 Å². The van der Waals surface area contributed by atoms with Crippen LogP contribution in [0.3, 0.4) is 0 Å². The molecule has 0 aliphatic heterocycles. The number of hydrogen-bond acceptors (Lipinski definition) is 2. The van der Waals surface area contributed by atoms with Crippen LogP contribution in [-0.4, -0.2) is 9.55 Å². The first-order valence-corrected chi connectivity index (χ1v) is 15.0. The highest BCUT2D eigenvalue weighted by Gasteiger charge is 2.25. The second kappa shape index (κ2) is 10.0. The van der Waals surface area contributed by atoms with Crippen LogP contribution in [0.2, 0.25) is 0 Å². The van der Waals surface area contributed by atoms with E-state index in [1.807, 2.05) is 30.3 Å². The van der Waals surface area contributed by atoms with Gasteiger partial charge >= 0.3 is 0 Å². The average Bonchev–Trinajstić information content (AvgIpc) is 3.67. The molecular formula is C41H25FN2O. The minimum Gasteiger partial charge on any atom is -0.455 e. The second-order valence-electron chi connectivity index (χ2n) is 11.3. The highest BCUT2D eigenvalue weighted by molar-refractivity contribution is 6.12.